The van der Waals surface area contributed by atoms with Crippen molar-refractivity contribution in [1.29, 1.82) is 0 Å². The van der Waals surface area contributed by atoms with Crippen molar-refractivity contribution in [2.24, 2.45) is 0 Å². The number of amides is 1. The molecule has 1 aromatic heterocycles. The zero-order valence-electron chi connectivity index (χ0n) is 11.5. The number of nitrogens with one attached hydrogen (secondary N) is 1. The van der Waals surface area contributed by atoms with E-state index in [9.17, 15) is 9.90 Å². The van der Waals surface area contributed by atoms with Crippen LogP contribution in [0.1, 0.15) is 21.7 Å². The zero-order chi connectivity index (χ0) is 14.3. The van der Waals surface area contributed by atoms with E-state index in [0.29, 0.717) is 12.2 Å². The fourth-order valence-electron chi connectivity index (χ4n) is 2.82. The molecular weight excluding hydrogens is 260 g/mol. The van der Waals surface area contributed by atoms with E-state index in [1.54, 1.807) is 12.1 Å². The highest BCUT2D eigenvalue weighted by Crippen LogP contribution is 2.27. The van der Waals surface area contributed by atoms with Gasteiger partial charge in [-0.3, -0.25) is 9.78 Å². The lowest BCUT2D eigenvalue weighted by molar-refractivity contribution is 0.0178. The number of nitrogens with zero attached hydrogens (tertiary/aromatic N) is 1. The van der Waals surface area contributed by atoms with Gasteiger partial charge in [-0.1, -0.05) is 0 Å². The van der Waals surface area contributed by atoms with Gasteiger partial charge in [0.25, 0.3) is 5.91 Å². The van der Waals surface area contributed by atoms with Gasteiger partial charge in [0.15, 0.2) is 0 Å². The number of rotatable bonds is 2. The average Bonchev–Trinajstić information content (AvgIpc) is 2.93. The Bertz CT molecular complexity index is 514. The van der Waals surface area contributed by atoms with E-state index < -0.39 is 6.10 Å². The zero-order valence-corrected chi connectivity index (χ0v) is 11.5. The van der Waals surface area contributed by atoms with Gasteiger partial charge in [-0.15, -0.1) is 0 Å². The summed E-state index contributed by atoms with van der Waals surface area (Å²) in [5.41, 5.74) is 2.20. The Kier molecular flexibility index (Phi) is 3.45. The van der Waals surface area contributed by atoms with Gasteiger partial charge in [-0.05, 0) is 26.0 Å². The second-order valence-electron chi connectivity index (χ2n) is 5.38. The SMILES string of the molecule is Cc1cc(C(=O)N[C@H]2CO[C@H]3[C@@H]2OC[C@H]3O)cc(C)n1. The van der Waals surface area contributed by atoms with Crippen molar-refractivity contribution in [3.63, 3.8) is 0 Å². The first-order valence-corrected chi connectivity index (χ1v) is 6.72. The van der Waals surface area contributed by atoms with E-state index in [4.69, 9.17) is 9.47 Å². The molecule has 0 radical (unpaired) electrons. The van der Waals surface area contributed by atoms with Gasteiger partial charge >= 0.3 is 0 Å². The van der Waals surface area contributed by atoms with Crippen LogP contribution in [0.2, 0.25) is 0 Å². The predicted molar refractivity (Wildman–Crippen MR) is 70.5 cm³/mol. The van der Waals surface area contributed by atoms with Crippen LogP contribution in [0.5, 0.6) is 0 Å². The molecule has 2 aliphatic heterocycles. The highest BCUT2D eigenvalue weighted by molar-refractivity contribution is 5.94. The number of aryl methyl sites for hydroxylation is 2. The van der Waals surface area contributed by atoms with E-state index in [1.807, 2.05) is 13.8 Å². The second kappa shape index (κ2) is 5.12. The smallest absolute Gasteiger partial charge is 0.251 e. The third-order valence-electron chi connectivity index (χ3n) is 3.69. The summed E-state index contributed by atoms with van der Waals surface area (Å²) in [5, 5.41) is 12.6. The molecule has 6 heteroatoms. The maximum atomic E-state index is 12.3. The summed E-state index contributed by atoms with van der Waals surface area (Å²) in [6, 6.07) is 3.28. The first-order chi connectivity index (χ1) is 9.54. The summed E-state index contributed by atoms with van der Waals surface area (Å²) in [7, 11) is 0. The van der Waals surface area contributed by atoms with E-state index in [-0.39, 0.29) is 30.8 Å². The molecule has 1 amide bonds. The molecule has 108 valence electrons. The van der Waals surface area contributed by atoms with Crippen LogP contribution in [0.25, 0.3) is 0 Å². The van der Waals surface area contributed by atoms with Crippen LogP contribution >= 0.6 is 0 Å². The third kappa shape index (κ3) is 2.42. The summed E-state index contributed by atoms with van der Waals surface area (Å²) in [6.45, 7) is 4.33. The molecule has 0 bridgehead atoms. The number of pyridine rings is 1. The van der Waals surface area contributed by atoms with Crippen molar-refractivity contribution in [1.82, 2.24) is 10.3 Å². The lowest BCUT2D eigenvalue weighted by atomic mass is 10.1. The number of carbonyl (C=O) groups excluding carboxylic acids is 1. The fraction of sp³-hybridized carbons (Fsp3) is 0.571. The Morgan fingerprint density at radius 3 is 2.60 bits per heavy atom. The Morgan fingerprint density at radius 2 is 1.90 bits per heavy atom. The highest BCUT2D eigenvalue weighted by Gasteiger charge is 2.47. The van der Waals surface area contributed by atoms with Gasteiger partial charge in [-0.25, -0.2) is 0 Å². The van der Waals surface area contributed by atoms with Crippen molar-refractivity contribution in [3.05, 3.63) is 29.1 Å². The third-order valence-corrected chi connectivity index (χ3v) is 3.69. The lowest BCUT2D eigenvalue weighted by Gasteiger charge is -2.17. The van der Waals surface area contributed by atoms with Gasteiger partial charge in [-0.2, -0.15) is 0 Å². The minimum absolute atomic E-state index is 0.169. The normalized spacial score (nSPS) is 32.1. The van der Waals surface area contributed by atoms with E-state index in [2.05, 4.69) is 10.3 Å². The predicted octanol–water partition coefficient (Wildman–Crippen LogP) is -0.0447. The molecule has 1 aromatic rings. The first kappa shape index (κ1) is 13.5. The number of hydrogen-bond acceptors (Lipinski definition) is 5. The van der Waals surface area contributed by atoms with Crippen molar-refractivity contribution in [2.45, 2.75) is 38.2 Å². The molecule has 0 aliphatic carbocycles. The van der Waals surface area contributed by atoms with Crippen molar-refractivity contribution < 1.29 is 19.4 Å². The maximum absolute atomic E-state index is 12.3. The first-order valence-electron chi connectivity index (χ1n) is 6.72. The van der Waals surface area contributed by atoms with Crippen molar-refractivity contribution in [3.8, 4) is 0 Å². The van der Waals surface area contributed by atoms with Gasteiger partial charge < -0.3 is 19.9 Å². The molecule has 3 heterocycles. The molecular formula is C14H18N2O4. The monoisotopic (exact) mass is 278 g/mol. The standard InChI is InChI=1S/C14H18N2O4/c1-7-3-9(4-8(2)15-7)14(18)16-10-5-19-13-11(17)6-20-12(10)13/h3-4,10-13,17H,5-6H2,1-2H3,(H,16,18)/t10-,11+,12+,13+/m0/s1. The van der Waals surface area contributed by atoms with Gasteiger partial charge in [0, 0.05) is 17.0 Å². The molecule has 6 nitrogen and oxygen atoms in total. The van der Waals surface area contributed by atoms with Crippen LogP contribution < -0.4 is 5.32 Å². The second-order valence-corrected chi connectivity index (χ2v) is 5.38. The molecule has 0 aromatic carbocycles. The lowest BCUT2D eigenvalue weighted by Crippen LogP contribution is -2.44. The number of aromatic nitrogens is 1. The highest BCUT2D eigenvalue weighted by atomic mass is 16.6. The minimum atomic E-state index is -0.604. The molecule has 2 saturated heterocycles. The van der Waals surface area contributed by atoms with E-state index >= 15 is 0 Å². The van der Waals surface area contributed by atoms with E-state index in [0.717, 1.165) is 11.4 Å². The molecule has 0 spiro atoms. The maximum Gasteiger partial charge on any atom is 0.251 e. The van der Waals surface area contributed by atoms with E-state index in [1.165, 1.54) is 0 Å². The number of ether oxygens (including phenoxy) is 2. The van der Waals surface area contributed by atoms with Crippen LogP contribution in [0.3, 0.4) is 0 Å². The van der Waals surface area contributed by atoms with Crippen molar-refractivity contribution >= 4 is 5.91 Å². The Morgan fingerprint density at radius 1 is 1.25 bits per heavy atom. The largest absolute Gasteiger partial charge is 0.388 e. The summed E-state index contributed by atoms with van der Waals surface area (Å²) >= 11 is 0. The van der Waals surface area contributed by atoms with Crippen LogP contribution in [0.15, 0.2) is 12.1 Å². The van der Waals surface area contributed by atoms with Gasteiger partial charge in [0.1, 0.15) is 18.3 Å². The Labute approximate surface area is 117 Å². The Hall–Kier alpha value is -1.50. The van der Waals surface area contributed by atoms with Crippen LogP contribution in [0, 0.1) is 13.8 Å². The topological polar surface area (TPSA) is 80.7 Å². The molecule has 20 heavy (non-hydrogen) atoms. The molecule has 2 aliphatic rings. The van der Waals surface area contributed by atoms with Gasteiger partial charge in [0.05, 0.1) is 19.3 Å². The fourth-order valence-corrected chi connectivity index (χ4v) is 2.82. The molecule has 4 atom stereocenters. The van der Waals surface area contributed by atoms with Crippen LogP contribution in [0.4, 0.5) is 0 Å². The number of aliphatic hydroxyl groups is 1. The number of fused-ring (bicyclic) bond motifs is 1. The summed E-state index contributed by atoms with van der Waals surface area (Å²) in [4.78, 5) is 16.5. The summed E-state index contributed by atoms with van der Waals surface area (Å²) < 4.78 is 11.0. The quantitative estimate of drug-likeness (QED) is 0.793. The number of carbonyl (C=O) groups is 1. The number of aliphatic hydroxyl groups excluding tert-OH is 1. The van der Waals surface area contributed by atoms with Gasteiger partial charge in [0.2, 0.25) is 0 Å². The molecule has 0 saturated carbocycles. The van der Waals surface area contributed by atoms with Crippen LogP contribution in [-0.4, -0.2) is 53.6 Å². The molecule has 2 fully saturated rings. The summed E-state index contributed by atoms with van der Waals surface area (Å²) in [5.74, 6) is -0.169. The minimum Gasteiger partial charge on any atom is -0.388 e. The average molecular weight is 278 g/mol. The Balaban J connectivity index is 1.70. The summed E-state index contributed by atoms with van der Waals surface area (Å²) in [6.07, 6.45) is -1.20. The van der Waals surface area contributed by atoms with Crippen molar-refractivity contribution in [2.75, 3.05) is 13.2 Å². The molecule has 2 N–H and O–H groups in total. The molecule has 3 rings (SSSR count). The van der Waals surface area contributed by atoms with Crippen LogP contribution in [-0.2, 0) is 9.47 Å². The molecule has 0 unspecified atom stereocenters. The number of hydrogen-bond donors (Lipinski definition) is 2.